The topological polar surface area (TPSA) is 124 Å². The molecule has 0 bridgehead atoms. The van der Waals surface area contributed by atoms with Gasteiger partial charge in [0.2, 0.25) is 0 Å². The lowest BCUT2D eigenvalue weighted by molar-refractivity contribution is -0.137. The minimum absolute atomic E-state index is 0.00260. The van der Waals surface area contributed by atoms with Crippen molar-refractivity contribution in [2.45, 2.75) is 45.9 Å². The normalized spacial score (nSPS) is 15.8. The highest BCUT2D eigenvalue weighted by molar-refractivity contribution is 7.80. The molecular weight excluding hydrogens is 656 g/mol. The Morgan fingerprint density at radius 3 is 2.50 bits per heavy atom. The predicted molar refractivity (Wildman–Crippen MR) is 162 cm³/mol. The molecule has 1 aliphatic heterocycles. The highest BCUT2D eigenvalue weighted by atomic mass is 35.5. The average molecular weight is 686 g/mol. The summed E-state index contributed by atoms with van der Waals surface area (Å²) in [5.74, 6) is -2.31. The van der Waals surface area contributed by atoms with Gasteiger partial charge < -0.3 is 24.2 Å². The molecule has 2 amide bonds. The number of aryl methyl sites for hydroxylation is 1. The van der Waals surface area contributed by atoms with Crippen LogP contribution in [-0.4, -0.2) is 55.9 Å². The number of halogens is 5. The molecule has 1 unspecified atom stereocenters. The quantitative estimate of drug-likeness (QED) is 0.198. The van der Waals surface area contributed by atoms with Gasteiger partial charge in [0.05, 0.1) is 16.1 Å². The molecule has 10 nitrogen and oxygen atoms in total. The summed E-state index contributed by atoms with van der Waals surface area (Å²) in [5, 5.41) is 1.75. The van der Waals surface area contributed by atoms with Crippen molar-refractivity contribution >= 4 is 46.4 Å². The standard InChI is InChI=1S/C30H31ClF4N4O6S/c1-17-11-19(32)5-6-24(17)44-25-14-22(30(33,34)35)23(31)13-21(25)27(40)37-20-7-9-36-26(12-20)39(46(42)43)16-18-8-10-38(15-18)28(41)45-29(2,3)4/h5-7,9,11-14,18H,8,10,15-16H2,1-4H3,(H,42,43)(H,36,37,40)/p-1/t18-/m1/s1. The molecule has 1 saturated heterocycles. The van der Waals surface area contributed by atoms with E-state index in [0.29, 0.717) is 19.0 Å². The van der Waals surface area contributed by atoms with Crippen LogP contribution in [0.15, 0.2) is 48.7 Å². The fourth-order valence-electron chi connectivity index (χ4n) is 4.65. The minimum Gasteiger partial charge on any atom is -0.755 e. The SMILES string of the molecule is Cc1cc(F)ccc1Oc1cc(C(F)(F)F)c(Cl)cc1C(=O)Nc1ccnc(N(C[C@@H]2CCN(C(=O)OC(C)(C)C)C2)S(=O)[O-])c1. The number of likely N-dealkylation sites (tertiary alicyclic amines) is 1. The second-order valence-corrected chi connectivity index (χ2v) is 12.8. The molecule has 46 heavy (non-hydrogen) atoms. The number of amides is 2. The number of nitrogens with one attached hydrogen (secondary N) is 1. The van der Waals surface area contributed by atoms with Crippen molar-refractivity contribution < 1.29 is 45.4 Å². The number of alkyl halides is 3. The van der Waals surface area contributed by atoms with Crippen molar-refractivity contribution in [2.75, 3.05) is 29.3 Å². The van der Waals surface area contributed by atoms with Gasteiger partial charge in [0, 0.05) is 48.9 Å². The first kappa shape index (κ1) is 34.9. The summed E-state index contributed by atoms with van der Waals surface area (Å²) in [7, 11) is 0. The van der Waals surface area contributed by atoms with E-state index in [9.17, 15) is 35.9 Å². The fraction of sp³-hybridized carbons (Fsp3) is 0.367. The third-order valence-electron chi connectivity index (χ3n) is 6.78. The summed E-state index contributed by atoms with van der Waals surface area (Å²) in [6.45, 7) is 7.30. The van der Waals surface area contributed by atoms with Crippen LogP contribution in [0.4, 0.5) is 33.9 Å². The van der Waals surface area contributed by atoms with Gasteiger partial charge in [0.25, 0.3) is 5.91 Å². The van der Waals surface area contributed by atoms with Crippen LogP contribution in [0.2, 0.25) is 5.02 Å². The Morgan fingerprint density at radius 1 is 1.15 bits per heavy atom. The van der Waals surface area contributed by atoms with Crippen LogP contribution in [0.5, 0.6) is 11.5 Å². The first-order valence-corrected chi connectivity index (χ1v) is 15.3. The zero-order valence-electron chi connectivity index (χ0n) is 25.1. The molecule has 1 aliphatic rings. The second-order valence-electron chi connectivity index (χ2n) is 11.6. The summed E-state index contributed by atoms with van der Waals surface area (Å²) in [6.07, 6.45) is -3.63. The van der Waals surface area contributed by atoms with Gasteiger partial charge in [-0.05, 0) is 82.0 Å². The van der Waals surface area contributed by atoms with Crippen molar-refractivity contribution in [1.29, 1.82) is 0 Å². The van der Waals surface area contributed by atoms with Crippen LogP contribution in [0.1, 0.15) is 48.7 Å². The van der Waals surface area contributed by atoms with E-state index in [0.717, 1.165) is 22.5 Å². The van der Waals surface area contributed by atoms with Crippen molar-refractivity contribution in [2.24, 2.45) is 5.92 Å². The molecule has 0 radical (unpaired) electrons. The average Bonchev–Trinajstić information content (AvgIpc) is 3.41. The third kappa shape index (κ3) is 8.85. The van der Waals surface area contributed by atoms with Crippen molar-refractivity contribution in [1.82, 2.24) is 9.88 Å². The number of benzene rings is 2. The monoisotopic (exact) mass is 685 g/mol. The molecule has 0 saturated carbocycles. The maximum Gasteiger partial charge on any atom is 0.417 e. The van der Waals surface area contributed by atoms with E-state index in [1.165, 1.54) is 36.2 Å². The highest BCUT2D eigenvalue weighted by Crippen LogP contribution is 2.40. The third-order valence-corrected chi connectivity index (χ3v) is 7.79. The Labute approximate surface area is 270 Å². The number of anilines is 2. The Balaban J connectivity index is 1.56. The molecule has 2 heterocycles. The molecule has 16 heteroatoms. The zero-order valence-corrected chi connectivity index (χ0v) is 26.7. The minimum atomic E-state index is -4.87. The van der Waals surface area contributed by atoms with Gasteiger partial charge in [0.15, 0.2) is 0 Å². The lowest BCUT2D eigenvalue weighted by Gasteiger charge is -2.28. The molecule has 0 aliphatic carbocycles. The number of carbonyl (C=O) groups excluding carboxylic acids is 2. The summed E-state index contributed by atoms with van der Waals surface area (Å²) in [4.78, 5) is 31.4. The van der Waals surface area contributed by atoms with Crippen LogP contribution in [-0.2, 0) is 22.2 Å². The van der Waals surface area contributed by atoms with E-state index in [-0.39, 0.29) is 47.4 Å². The van der Waals surface area contributed by atoms with E-state index < -0.39 is 57.2 Å². The summed E-state index contributed by atoms with van der Waals surface area (Å²) < 4.78 is 91.0. The number of ether oxygens (including phenoxy) is 2. The van der Waals surface area contributed by atoms with E-state index >= 15 is 0 Å². The molecule has 248 valence electrons. The van der Waals surface area contributed by atoms with Crippen LogP contribution in [0.25, 0.3) is 0 Å². The maximum absolute atomic E-state index is 13.7. The largest absolute Gasteiger partial charge is 0.755 e. The van der Waals surface area contributed by atoms with E-state index in [4.69, 9.17) is 21.1 Å². The van der Waals surface area contributed by atoms with Gasteiger partial charge in [-0.2, -0.15) is 13.2 Å². The molecule has 0 spiro atoms. The Bertz CT molecular complexity index is 1650. The Hall–Kier alpha value is -3.95. The van der Waals surface area contributed by atoms with Crippen LogP contribution in [0.3, 0.4) is 0 Å². The molecule has 1 aromatic heterocycles. The van der Waals surface area contributed by atoms with Crippen molar-refractivity contribution in [3.63, 3.8) is 0 Å². The zero-order chi connectivity index (χ0) is 34.0. The van der Waals surface area contributed by atoms with Gasteiger partial charge in [-0.3, -0.25) is 13.3 Å². The molecule has 2 aromatic carbocycles. The Kier molecular flexibility index (Phi) is 10.5. The molecule has 1 N–H and O–H groups in total. The second kappa shape index (κ2) is 13.8. The lowest BCUT2D eigenvalue weighted by Crippen LogP contribution is -2.37. The van der Waals surface area contributed by atoms with Gasteiger partial charge in [-0.25, -0.2) is 14.2 Å². The fourth-order valence-corrected chi connectivity index (χ4v) is 5.50. The van der Waals surface area contributed by atoms with Gasteiger partial charge in [0.1, 0.15) is 28.7 Å². The number of hydrogen-bond donors (Lipinski definition) is 1. The summed E-state index contributed by atoms with van der Waals surface area (Å²) >= 11 is 3.12. The number of aromatic nitrogens is 1. The van der Waals surface area contributed by atoms with E-state index in [1.54, 1.807) is 20.8 Å². The first-order valence-electron chi connectivity index (χ1n) is 13.9. The number of nitrogens with zero attached hydrogens (tertiary/aromatic N) is 3. The van der Waals surface area contributed by atoms with Crippen LogP contribution >= 0.6 is 11.6 Å². The predicted octanol–water partition coefficient (Wildman–Crippen LogP) is 7.10. The molecule has 3 aromatic rings. The Morgan fingerprint density at radius 2 is 1.87 bits per heavy atom. The van der Waals surface area contributed by atoms with Gasteiger partial charge in [-0.15, -0.1) is 0 Å². The van der Waals surface area contributed by atoms with E-state index in [2.05, 4.69) is 10.3 Å². The van der Waals surface area contributed by atoms with Gasteiger partial charge in [-0.1, -0.05) is 11.6 Å². The smallest absolute Gasteiger partial charge is 0.417 e. The van der Waals surface area contributed by atoms with E-state index in [1.807, 2.05) is 0 Å². The lowest BCUT2D eigenvalue weighted by atomic mass is 10.1. The summed E-state index contributed by atoms with van der Waals surface area (Å²) in [6, 6.07) is 7.36. The number of hydrogen-bond acceptors (Lipinski definition) is 7. The molecule has 2 atom stereocenters. The highest BCUT2D eigenvalue weighted by Gasteiger charge is 2.36. The molecule has 4 rings (SSSR count). The molecule has 1 fully saturated rings. The van der Waals surface area contributed by atoms with Crippen molar-refractivity contribution in [3.05, 3.63) is 76.2 Å². The summed E-state index contributed by atoms with van der Waals surface area (Å²) in [5.41, 5.74) is -2.00. The number of rotatable bonds is 8. The van der Waals surface area contributed by atoms with Crippen LogP contribution < -0.4 is 14.4 Å². The number of carbonyl (C=O) groups is 2. The van der Waals surface area contributed by atoms with Crippen molar-refractivity contribution in [3.8, 4) is 11.5 Å². The van der Waals surface area contributed by atoms with Crippen LogP contribution in [0, 0.1) is 18.7 Å². The molecular formula is C30H30ClF4N4O6S-. The number of pyridine rings is 1. The van der Waals surface area contributed by atoms with Gasteiger partial charge >= 0.3 is 12.3 Å². The first-order chi connectivity index (χ1) is 21.4. The maximum atomic E-state index is 13.7.